The van der Waals surface area contributed by atoms with E-state index in [2.05, 4.69) is 11.1 Å². The van der Waals surface area contributed by atoms with E-state index in [0.717, 1.165) is 12.8 Å². The number of rotatable bonds is 29. The minimum absolute atomic E-state index is 0. The second-order valence-corrected chi connectivity index (χ2v) is 14.0. The molecule has 0 spiro atoms. The molecule has 0 aromatic heterocycles. The van der Waals surface area contributed by atoms with Gasteiger partial charge in [0.2, 0.25) is 0 Å². The summed E-state index contributed by atoms with van der Waals surface area (Å²) in [5, 5.41) is 120. The Kier molecular flexibility index (Phi) is 62.5. The maximum absolute atomic E-state index is 10.3. The summed E-state index contributed by atoms with van der Waals surface area (Å²) >= 11 is 0. The molecule has 29 nitrogen and oxygen atoms in total. The Labute approximate surface area is 429 Å². The van der Waals surface area contributed by atoms with Crippen molar-refractivity contribution < 1.29 is 196 Å². The SMILES string of the molecule is CC(O)CO.CCCCCCCCCCCCOS(=O)(=O)O.O=C(O)CC(O)(CC(=O)O)C(=O)O.O=C(O)CCC(=O)O.O=C([O-])CC(O)(CC(=O)O)C(=O)O.O=C([O-])CCC(=O)[O-].[NH4+].[Na+].[Na+]. The molecule has 0 aromatic rings. The summed E-state index contributed by atoms with van der Waals surface area (Å²) in [5.41, 5.74) is -5.54. The summed E-state index contributed by atoms with van der Waals surface area (Å²) in [6, 6.07) is 0. The van der Waals surface area contributed by atoms with Crippen LogP contribution in [-0.2, 0) is 62.5 Å². The van der Waals surface area contributed by atoms with Crippen molar-refractivity contribution in [1.29, 1.82) is 0 Å². The fraction of sp³-hybridized carbons (Fsp3) is 0.714. The number of aliphatic hydroxyl groups is 4. The molecular weight excluding hydrogens is 960 g/mol. The number of carbonyl (C=O) groups is 10. The molecule has 0 rings (SSSR count). The molecule has 32 heteroatoms. The van der Waals surface area contributed by atoms with E-state index in [1.54, 1.807) is 0 Å². The van der Waals surface area contributed by atoms with Crippen LogP contribution in [0.25, 0.3) is 0 Å². The predicted octanol–water partition coefficient (Wildman–Crippen LogP) is -9.16. The molecule has 2 unspecified atom stereocenters. The van der Waals surface area contributed by atoms with Crippen LogP contribution in [0, 0.1) is 0 Å². The van der Waals surface area contributed by atoms with Crippen LogP contribution in [0.2, 0.25) is 0 Å². The number of carboxylic acid groups (broad SMARTS) is 10. The van der Waals surface area contributed by atoms with E-state index < -0.39 is 126 Å². The van der Waals surface area contributed by atoms with Gasteiger partial charge in [-0.3, -0.25) is 28.5 Å². The molecule has 0 saturated carbocycles. The predicted molar refractivity (Wildman–Crippen MR) is 209 cm³/mol. The molecule has 0 amide bonds. The van der Waals surface area contributed by atoms with Gasteiger partial charge in [0.25, 0.3) is 0 Å². The molecule has 0 aromatic carbocycles. The van der Waals surface area contributed by atoms with Crippen LogP contribution in [0.15, 0.2) is 0 Å². The molecule has 0 aliphatic carbocycles. The second-order valence-electron chi connectivity index (χ2n) is 12.9. The molecule has 384 valence electrons. The average molecular weight is 1020 g/mol. The van der Waals surface area contributed by atoms with Gasteiger partial charge in [-0.05, 0) is 26.2 Å². The normalized spacial score (nSPS) is 11.1. The summed E-state index contributed by atoms with van der Waals surface area (Å²) < 4.78 is 33.0. The van der Waals surface area contributed by atoms with Crippen LogP contribution < -0.4 is 80.6 Å². The smallest absolute Gasteiger partial charge is 0.550 e. The van der Waals surface area contributed by atoms with E-state index in [4.69, 9.17) is 60.7 Å². The monoisotopic (exact) mass is 1020 g/mol. The Hall–Kier alpha value is -3.63. The minimum Gasteiger partial charge on any atom is -0.550 e. The molecule has 0 bridgehead atoms. The topological polar surface area (TPSA) is 563 Å². The van der Waals surface area contributed by atoms with Gasteiger partial charge >= 0.3 is 111 Å². The largest absolute Gasteiger partial charge is 1.00 e. The molecule has 0 aliphatic rings. The van der Waals surface area contributed by atoms with Crippen LogP contribution in [0.5, 0.6) is 0 Å². The van der Waals surface area contributed by atoms with Gasteiger partial charge in [-0.2, -0.15) is 8.42 Å². The Morgan fingerprint density at radius 3 is 0.985 bits per heavy atom. The number of quaternary nitrogens is 1. The van der Waals surface area contributed by atoms with Crippen molar-refractivity contribution >= 4 is 70.1 Å². The first-order valence-electron chi connectivity index (χ1n) is 18.6. The number of hydrogen-bond donors (Lipinski definition) is 13. The van der Waals surface area contributed by atoms with Crippen LogP contribution in [-0.4, -0.2) is 159 Å². The number of unbranched alkanes of at least 4 members (excludes halogenated alkanes) is 9. The van der Waals surface area contributed by atoms with Crippen molar-refractivity contribution in [1.82, 2.24) is 6.15 Å². The van der Waals surface area contributed by atoms with Gasteiger partial charge in [-0.25, -0.2) is 13.8 Å². The maximum Gasteiger partial charge on any atom is 1.00 e. The van der Waals surface area contributed by atoms with Crippen molar-refractivity contribution in [3.63, 3.8) is 0 Å². The number of aliphatic carboxylic acids is 10. The molecular formula is C35H63NNa2O28S. The van der Waals surface area contributed by atoms with Gasteiger partial charge in [0.05, 0.1) is 51.4 Å². The van der Waals surface area contributed by atoms with Gasteiger partial charge in [0.15, 0.2) is 11.2 Å². The van der Waals surface area contributed by atoms with Gasteiger partial charge in [-0.15, -0.1) is 0 Å². The first-order valence-corrected chi connectivity index (χ1v) is 20.0. The summed E-state index contributed by atoms with van der Waals surface area (Å²) in [5.74, 6) is -15.2. The van der Waals surface area contributed by atoms with Crippen LogP contribution in [0.3, 0.4) is 0 Å². The minimum atomic E-state index is -4.23. The van der Waals surface area contributed by atoms with Crippen molar-refractivity contribution in [2.75, 3.05) is 13.2 Å². The molecule has 0 heterocycles. The number of aliphatic hydroxyl groups excluding tert-OH is 2. The molecule has 16 N–H and O–H groups in total. The fourth-order valence-corrected chi connectivity index (χ4v) is 3.92. The van der Waals surface area contributed by atoms with E-state index >= 15 is 0 Å². The summed E-state index contributed by atoms with van der Waals surface area (Å²) in [7, 11) is -4.23. The number of carboxylic acids is 10. The van der Waals surface area contributed by atoms with Gasteiger partial charge in [0.1, 0.15) is 0 Å². The molecule has 0 saturated heterocycles. The summed E-state index contributed by atoms with van der Waals surface area (Å²) in [6.07, 6.45) is 5.03. The Balaban J connectivity index is -0.0000000883. The van der Waals surface area contributed by atoms with Gasteiger partial charge < -0.3 is 92.0 Å². The van der Waals surface area contributed by atoms with E-state index in [1.165, 1.54) is 51.9 Å². The number of carbonyl (C=O) groups excluding carboxylic acids is 3. The Morgan fingerprint density at radius 2 is 0.791 bits per heavy atom. The zero-order valence-electron chi connectivity index (χ0n) is 38.0. The van der Waals surface area contributed by atoms with E-state index in [0.29, 0.717) is 6.42 Å². The molecule has 0 aliphatic heterocycles. The van der Waals surface area contributed by atoms with Crippen LogP contribution in [0.1, 0.15) is 129 Å². The summed E-state index contributed by atoms with van der Waals surface area (Å²) in [4.78, 5) is 99.1. The average Bonchev–Trinajstić information content (AvgIpc) is 3.11. The standard InChI is InChI=1S/C12H26O4S.2C6H8O7.2C4H6O4.C3H8O2.H3N.2Na/c1-2-3-4-5-6-7-8-9-10-11-12-16-17(13,14)15;2*7-3(8)1-6(13,5(11)12)2-4(9)10;2*5-3(6)1-2-4(7)8;1-3(5)2-4;;;/h2-12H2,1H3,(H,13,14,15);2*13H,1-2H2,(H,7,8)(H,9,10)(H,11,12);2*1-2H2,(H,5,6)(H,7,8);3-5H,2H2,1H3;1H3;;/q;;;;;;;2*+1/p-2. The Morgan fingerprint density at radius 1 is 0.522 bits per heavy atom. The van der Waals surface area contributed by atoms with E-state index in [-0.39, 0.29) is 91.3 Å². The second kappa shape index (κ2) is 50.3. The van der Waals surface area contributed by atoms with Crippen molar-refractivity contribution in [2.45, 2.75) is 147 Å². The van der Waals surface area contributed by atoms with Crippen LogP contribution in [0.4, 0.5) is 0 Å². The molecule has 0 radical (unpaired) electrons. The first kappa shape index (κ1) is 83.4. The van der Waals surface area contributed by atoms with E-state index in [1.807, 2.05) is 0 Å². The van der Waals surface area contributed by atoms with Crippen molar-refractivity contribution in [3.05, 3.63) is 0 Å². The fourth-order valence-electron chi connectivity index (χ4n) is 3.59. The summed E-state index contributed by atoms with van der Waals surface area (Å²) in [6.45, 7) is 3.70. The van der Waals surface area contributed by atoms with Crippen molar-refractivity contribution in [2.24, 2.45) is 0 Å². The third-order valence-corrected chi connectivity index (χ3v) is 7.11. The zero-order chi connectivity index (χ0) is 51.7. The number of hydrogen-bond acceptors (Lipinski definition) is 20. The van der Waals surface area contributed by atoms with Gasteiger partial charge in [0, 0.05) is 24.3 Å². The third kappa shape index (κ3) is 76.9. The van der Waals surface area contributed by atoms with E-state index in [9.17, 15) is 71.7 Å². The van der Waals surface area contributed by atoms with Crippen molar-refractivity contribution in [3.8, 4) is 0 Å². The van der Waals surface area contributed by atoms with Crippen LogP contribution >= 0.6 is 0 Å². The Bertz CT molecular complexity index is 1390. The zero-order valence-corrected chi connectivity index (χ0v) is 42.8. The van der Waals surface area contributed by atoms with Gasteiger partial charge in [-0.1, -0.05) is 64.7 Å². The quantitative estimate of drug-likeness (QED) is 0.0188. The maximum atomic E-state index is 10.3. The first-order chi connectivity index (χ1) is 29.1. The third-order valence-electron chi connectivity index (χ3n) is 6.64. The molecule has 2 atom stereocenters. The molecule has 67 heavy (non-hydrogen) atoms. The molecule has 0 fully saturated rings.